The van der Waals surface area contributed by atoms with Gasteiger partial charge in [-0.25, -0.2) is 0 Å². The van der Waals surface area contributed by atoms with Gasteiger partial charge in [0.25, 0.3) is 0 Å². The van der Waals surface area contributed by atoms with Crippen LogP contribution in [0.4, 0.5) is 0 Å². The SMILES string of the molecule is CC(C)C[C@H](NC(=O)CCCCCCCNC(=O)[C@]12CC[C@@H](C)[C@H](C)[C@H]1C1=CC[C@@H]3[C@@]4(C)CC[C@H](O)C(C)(C)[C@@H]4CC[C@@]3(C)[C@]1(C)CC2)[C@@H](O)CC(=O)O. The first-order chi connectivity index (χ1) is 25.2. The lowest BCUT2D eigenvalue weighted by atomic mass is 9.33. The average Bonchev–Trinajstić information content (AvgIpc) is 3.08. The number of hydrogen-bond donors (Lipinski definition) is 5. The second-order valence-electron chi connectivity index (χ2n) is 20.9. The lowest BCUT2D eigenvalue weighted by Gasteiger charge is -2.71. The molecule has 4 fully saturated rings. The molecule has 308 valence electrons. The van der Waals surface area contributed by atoms with Crippen LogP contribution in [0.15, 0.2) is 11.6 Å². The zero-order valence-corrected chi connectivity index (χ0v) is 35.6. The fraction of sp³-hybridized carbons (Fsp3) is 0.891. The molecule has 0 unspecified atom stereocenters. The van der Waals surface area contributed by atoms with Gasteiger partial charge in [0.15, 0.2) is 0 Å². The standard InChI is InChI=1S/C46H78N2O6/c1-29(2)27-33(34(49)28-39(52)53)48-38(51)15-13-11-10-12-14-26-47-41(54)46-23-18-30(3)31(4)40(46)32-16-17-36-43(7)21-20-37(50)42(5,6)35(43)19-22-45(36,9)44(32,8)24-25-46/h16,29-31,33-37,40,49-50H,10-15,17-28H2,1-9H3,(H,47,54)(H,48,51)(H,52,53)/t30-,31+,33+,34+,35+,36-,37+,40+,43+,44-,45-,46+/m1/s1. The number of carbonyl (C=O) groups is 3. The molecule has 12 atom stereocenters. The number of fused-ring (bicyclic) bond motifs is 7. The molecule has 4 saturated carbocycles. The normalized spacial score (nSPS) is 39.5. The Bertz CT molecular complexity index is 1390. The van der Waals surface area contributed by atoms with E-state index in [1.54, 1.807) is 5.57 Å². The average molecular weight is 755 g/mol. The molecule has 5 aliphatic carbocycles. The number of amides is 2. The van der Waals surface area contributed by atoms with Crippen molar-refractivity contribution >= 4 is 17.8 Å². The number of allylic oxidation sites excluding steroid dienone is 2. The summed E-state index contributed by atoms with van der Waals surface area (Å²) in [4.78, 5) is 38.2. The van der Waals surface area contributed by atoms with Crippen LogP contribution in [0.2, 0.25) is 0 Å². The zero-order valence-electron chi connectivity index (χ0n) is 35.6. The summed E-state index contributed by atoms with van der Waals surface area (Å²) in [6.45, 7) is 21.9. The largest absolute Gasteiger partial charge is 0.481 e. The Morgan fingerprint density at radius 2 is 1.56 bits per heavy atom. The molecular weight excluding hydrogens is 677 g/mol. The van der Waals surface area contributed by atoms with Gasteiger partial charge in [-0.05, 0) is 134 Å². The third-order valence-corrected chi connectivity index (χ3v) is 17.2. The molecular formula is C46H78N2O6. The van der Waals surface area contributed by atoms with Crippen LogP contribution in [0.5, 0.6) is 0 Å². The van der Waals surface area contributed by atoms with Gasteiger partial charge in [-0.1, -0.05) is 93.2 Å². The smallest absolute Gasteiger partial charge is 0.306 e. The number of carboxylic acid groups (broad SMARTS) is 1. The topological polar surface area (TPSA) is 136 Å². The quantitative estimate of drug-likeness (QED) is 0.0838. The van der Waals surface area contributed by atoms with Crippen molar-refractivity contribution in [3.05, 3.63) is 11.6 Å². The lowest BCUT2D eigenvalue weighted by Crippen LogP contribution is -2.66. The Balaban J connectivity index is 1.17. The zero-order chi connectivity index (χ0) is 39.9. The summed E-state index contributed by atoms with van der Waals surface area (Å²) in [6, 6.07) is -0.553. The molecule has 0 saturated heterocycles. The van der Waals surface area contributed by atoms with E-state index in [1.807, 2.05) is 13.8 Å². The number of aliphatic hydroxyl groups excluding tert-OH is 2. The van der Waals surface area contributed by atoms with Crippen molar-refractivity contribution in [1.29, 1.82) is 0 Å². The summed E-state index contributed by atoms with van der Waals surface area (Å²) in [5.41, 5.74) is 1.69. The van der Waals surface area contributed by atoms with Crippen LogP contribution in [0.25, 0.3) is 0 Å². The monoisotopic (exact) mass is 755 g/mol. The summed E-state index contributed by atoms with van der Waals surface area (Å²) in [7, 11) is 0. The summed E-state index contributed by atoms with van der Waals surface area (Å²) >= 11 is 0. The van der Waals surface area contributed by atoms with Gasteiger partial charge in [-0.15, -0.1) is 0 Å². The molecule has 0 radical (unpaired) electrons. The Morgan fingerprint density at radius 3 is 2.24 bits per heavy atom. The van der Waals surface area contributed by atoms with Crippen molar-refractivity contribution in [2.75, 3.05) is 6.54 Å². The van der Waals surface area contributed by atoms with E-state index in [0.29, 0.717) is 43.1 Å². The maximum absolute atomic E-state index is 14.5. The van der Waals surface area contributed by atoms with Crippen molar-refractivity contribution in [3.8, 4) is 0 Å². The maximum atomic E-state index is 14.5. The molecule has 54 heavy (non-hydrogen) atoms. The van der Waals surface area contributed by atoms with Crippen molar-refractivity contribution in [2.45, 2.75) is 190 Å². The van der Waals surface area contributed by atoms with Crippen LogP contribution >= 0.6 is 0 Å². The second-order valence-corrected chi connectivity index (χ2v) is 20.9. The second kappa shape index (κ2) is 16.5. The Morgan fingerprint density at radius 1 is 0.870 bits per heavy atom. The molecule has 0 aromatic carbocycles. The predicted octanol–water partition coefficient (Wildman–Crippen LogP) is 8.83. The first-order valence-corrected chi connectivity index (χ1v) is 22.1. The highest BCUT2D eigenvalue weighted by atomic mass is 16.4. The Kier molecular flexibility index (Phi) is 13.2. The van der Waals surface area contributed by atoms with Crippen molar-refractivity contribution in [2.24, 2.45) is 62.6 Å². The van der Waals surface area contributed by atoms with Crippen LogP contribution in [-0.4, -0.2) is 57.9 Å². The number of nitrogens with one attached hydrogen (secondary N) is 2. The third kappa shape index (κ3) is 7.83. The van der Waals surface area contributed by atoms with Crippen molar-refractivity contribution in [3.63, 3.8) is 0 Å². The molecule has 0 heterocycles. The predicted molar refractivity (Wildman–Crippen MR) is 215 cm³/mol. The first-order valence-electron chi connectivity index (χ1n) is 22.1. The van der Waals surface area contributed by atoms with Crippen molar-refractivity contribution in [1.82, 2.24) is 10.6 Å². The molecule has 5 N–H and O–H groups in total. The number of aliphatic carboxylic acids is 1. The van der Waals surface area contributed by atoms with Gasteiger partial charge >= 0.3 is 5.97 Å². The summed E-state index contributed by atoms with van der Waals surface area (Å²) < 4.78 is 0. The first kappa shape index (κ1) is 43.2. The number of unbranched alkanes of at least 4 members (excludes halogenated alkanes) is 4. The number of carboxylic acids is 1. The molecule has 0 aromatic rings. The minimum atomic E-state index is -1.10. The van der Waals surface area contributed by atoms with Crippen molar-refractivity contribution < 1.29 is 29.7 Å². The van der Waals surface area contributed by atoms with E-state index in [1.165, 1.54) is 12.8 Å². The molecule has 0 bridgehead atoms. The minimum absolute atomic E-state index is 0.0587. The van der Waals surface area contributed by atoms with E-state index >= 15 is 0 Å². The Hall–Kier alpha value is -1.93. The van der Waals surface area contributed by atoms with Gasteiger partial charge in [0.05, 0.1) is 30.1 Å². The number of carbonyl (C=O) groups excluding carboxylic acids is 2. The molecule has 0 aromatic heterocycles. The maximum Gasteiger partial charge on any atom is 0.306 e. The van der Waals surface area contributed by atoms with E-state index in [4.69, 9.17) is 5.11 Å². The van der Waals surface area contributed by atoms with Gasteiger partial charge in [-0.3, -0.25) is 14.4 Å². The van der Waals surface area contributed by atoms with Crippen LogP contribution in [0.1, 0.15) is 171 Å². The number of aliphatic hydroxyl groups is 2. The molecule has 5 aliphatic rings. The summed E-state index contributed by atoms with van der Waals surface area (Å²) in [5, 5.41) is 36.8. The Labute approximate surface area is 327 Å². The fourth-order valence-corrected chi connectivity index (χ4v) is 13.6. The summed E-state index contributed by atoms with van der Waals surface area (Å²) in [6.07, 6.45) is 16.1. The third-order valence-electron chi connectivity index (χ3n) is 17.2. The van der Waals surface area contributed by atoms with Gasteiger partial charge in [-0.2, -0.15) is 0 Å². The fourth-order valence-electron chi connectivity index (χ4n) is 13.6. The summed E-state index contributed by atoms with van der Waals surface area (Å²) in [5.74, 6) is 1.76. The van der Waals surface area contributed by atoms with Gasteiger partial charge in [0.2, 0.25) is 11.8 Å². The van der Waals surface area contributed by atoms with E-state index in [9.17, 15) is 24.6 Å². The number of rotatable bonds is 15. The van der Waals surface area contributed by atoms with E-state index in [-0.39, 0.29) is 63.2 Å². The van der Waals surface area contributed by atoms with E-state index < -0.39 is 18.1 Å². The highest BCUT2D eigenvalue weighted by molar-refractivity contribution is 5.84. The van der Waals surface area contributed by atoms with Crippen LogP contribution in [0.3, 0.4) is 0 Å². The van der Waals surface area contributed by atoms with Gasteiger partial charge < -0.3 is 26.0 Å². The van der Waals surface area contributed by atoms with E-state index in [0.717, 1.165) is 77.0 Å². The van der Waals surface area contributed by atoms with Crippen LogP contribution in [-0.2, 0) is 14.4 Å². The minimum Gasteiger partial charge on any atom is -0.481 e. The molecule has 0 aliphatic heterocycles. The number of hydrogen-bond acceptors (Lipinski definition) is 5. The molecule has 5 rings (SSSR count). The van der Waals surface area contributed by atoms with Crippen LogP contribution < -0.4 is 10.6 Å². The highest BCUT2D eigenvalue weighted by Crippen LogP contribution is 2.75. The molecule has 8 nitrogen and oxygen atoms in total. The van der Waals surface area contributed by atoms with Gasteiger partial charge in [0.1, 0.15) is 0 Å². The molecule has 8 heteroatoms. The van der Waals surface area contributed by atoms with Gasteiger partial charge in [0, 0.05) is 13.0 Å². The lowest BCUT2D eigenvalue weighted by molar-refractivity contribution is -0.204. The molecule has 2 amide bonds. The highest BCUT2D eigenvalue weighted by Gasteiger charge is 2.69. The molecule has 0 spiro atoms. The van der Waals surface area contributed by atoms with Crippen LogP contribution in [0, 0.1) is 62.6 Å². The van der Waals surface area contributed by atoms with E-state index in [2.05, 4.69) is 65.2 Å².